The molecule has 0 bridgehead atoms. The molecule has 0 radical (unpaired) electrons. The van der Waals surface area contributed by atoms with Gasteiger partial charge in [-0.2, -0.15) is 0 Å². The molecule has 6 heteroatoms. The Morgan fingerprint density at radius 3 is 2.29 bits per heavy atom. The molecular weight excluding hydrogens is 322 g/mol. The van der Waals surface area contributed by atoms with Crippen LogP contribution >= 0.6 is 12.2 Å². The lowest BCUT2D eigenvalue weighted by Crippen LogP contribution is -2.35. The highest BCUT2D eigenvalue weighted by atomic mass is 32.1. The summed E-state index contributed by atoms with van der Waals surface area (Å²) < 4.78 is 0. The fourth-order valence-corrected chi connectivity index (χ4v) is 2.35. The Labute approximate surface area is 146 Å². The van der Waals surface area contributed by atoms with Gasteiger partial charge < -0.3 is 15.5 Å². The minimum absolute atomic E-state index is 0.142. The molecule has 2 N–H and O–H groups in total. The summed E-state index contributed by atoms with van der Waals surface area (Å²) in [5, 5.41) is 5.71. The van der Waals surface area contributed by atoms with E-state index in [0.717, 1.165) is 5.56 Å². The maximum Gasteiger partial charge on any atom is 0.255 e. The molecule has 2 aromatic carbocycles. The highest BCUT2D eigenvalue weighted by Crippen LogP contribution is 2.16. The lowest BCUT2D eigenvalue weighted by molar-refractivity contribution is -0.119. The van der Waals surface area contributed by atoms with Crippen molar-refractivity contribution in [1.82, 2.24) is 10.2 Å². The maximum absolute atomic E-state index is 12.2. The van der Waals surface area contributed by atoms with Gasteiger partial charge in [0.1, 0.15) is 0 Å². The summed E-state index contributed by atoms with van der Waals surface area (Å²) in [6.07, 6.45) is 0.237. The van der Waals surface area contributed by atoms with Crippen LogP contribution < -0.4 is 10.6 Å². The van der Waals surface area contributed by atoms with Crippen molar-refractivity contribution < 1.29 is 9.59 Å². The molecule has 0 unspecified atom stereocenters. The molecule has 0 aliphatic carbocycles. The molecule has 5 nitrogen and oxygen atoms in total. The normalized spacial score (nSPS) is 9.92. The largest absolute Gasteiger partial charge is 0.345 e. The molecule has 0 saturated carbocycles. The Kier molecular flexibility index (Phi) is 6.03. The summed E-state index contributed by atoms with van der Waals surface area (Å²) in [7, 11) is 3.36. The zero-order chi connectivity index (χ0) is 17.5. The topological polar surface area (TPSA) is 61.4 Å². The van der Waals surface area contributed by atoms with Crippen molar-refractivity contribution in [2.24, 2.45) is 0 Å². The SMILES string of the molecule is CN(C)C(=O)c1ccccc1NC(=S)NC(=O)Cc1ccccc1. The Hall–Kier alpha value is -2.73. The van der Waals surface area contributed by atoms with Crippen LogP contribution in [-0.4, -0.2) is 35.9 Å². The number of benzene rings is 2. The standard InChI is InChI=1S/C18H19N3O2S/c1-21(2)17(23)14-10-6-7-11-15(14)19-18(24)20-16(22)12-13-8-4-3-5-9-13/h3-11H,12H2,1-2H3,(H2,19,20,22,24). The average Bonchev–Trinajstić information content (AvgIpc) is 2.55. The number of hydrogen-bond acceptors (Lipinski definition) is 3. The zero-order valence-corrected chi connectivity index (χ0v) is 14.4. The number of rotatable bonds is 4. The number of carbonyl (C=O) groups is 2. The van der Waals surface area contributed by atoms with E-state index in [0.29, 0.717) is 11.3 Å². The summed E-state index contributed by atoms with van der Waals surface area (Å²) in [5.41, 5.74) is 1.95. The van der Waals surface area contributed by atoms with Crippen molar-refractivity contribution in [3.05, 3.63) is 65.7 Å². The summed E-state index contributed by atoms with van der Waals surface area (Å²) in [6, 6.07) is 16.4. The molecule has 0 aliphatic rings. The Bertz CT molecular complexity index is 745. The zero-order valence-electron chi connectivity index (χ0n) is 13.6. The van der Waals surface area contributed by atoms with Gasteiger partial charge in [0.15, 0.2) is 5.11 Å². The van der Waals surface area contributed by atoms with Crippen LogP contribution in [0.2, 0.25) is 0 Å². The van der Waals surface area contributed by atoms with Gasteiger partial charge in [-0.25, -0.2) is 0 Å². The average molecular weight is 341 g/mol. The molecule has 0 saturated heterocycles. The van der Waals surface area contributed by atoms with Crippen LogP contribution in [0, 0.1) is 0 Å². The van der Waals surface area contributed by atoms with Gasteiger partial charge in [0.25, 0.3) is 5.91 Å². The van der Waals surface area contributed by atoms with Gasteiger partial charge in [0.2, 0.25) is 5.91 Å². The highest BCUT2D eigenvalue weighted by molar-refractivity contribution is 7.80. The number of carbonyl (C=O) groups excluding carboxylic acids is 2. The van der Waals surface area contributed by atoms with Gasteiger partial charge in [-0.3, -0.25) is 9.59 Å². The van der Waals surface area contributed by atoms with Crippen LogP contribution in [0.15, 0.2) is 54.6 Å². The summed E-state index contributed by atoms with van der Waals surface area (Å²) in [6.45, 7) is 0. The third-order valence-corrected chi connectivity index (χ3v) is 3.48. The number of nitrogens with zero attached hydrogens (tertiary/aromatic N) is 1. The van der Waals surface area contributed by atoms with Gasteiger partial charge in [0, 0.05) is 14.1 Å². The van der Waals surface area contributed by atoms with Crippen LogP contribution in [0.4, 0.5) is 5.69 Å². The lowest BCUT2D eigenvalue weighted by atomic mass is 10.1. The van der Waals surface area contributed by atoms with Crippen LogP contribution in [-0.2, 0) is 11.2 Å². The van der Waals surface area contributed by atoms with Crippen molar-refractivity contribution >= 4 is 34.8 Å². The summed E-state index contributed by atoms with van der Waals surface area (Å²) >= 11 is 5.17. The molecule has 0 atom stereocenters. The van der Waals surface area contributed by atoms with Crippen molar-refractivity contribution in [3.8, 4) is 0 Å². The van der Waals surface area contributed by atoms with Gasteiger partial charge >= 0.3 is 0 Å². The summed E-state index contributed by atoms with van der Waals surface area (Å²) in [5.74, 6) is -0.355. The van der Waals surface area contributed by atoms with Crippen molar-refractivity contribution in [1.29, 1.82) is 0 Å². The lowest BCUT2D eigenvalue weighted by Gasteiger charge is -2.16. The number of para-hydroxylation sites is 1. The quantitative estimate of drug-likeness (QED) is 0.839. The third-order valence-electron chi connectivity index (χ3n) is 3.27. The molecule has 2 rings (SSSR count). The molecule has 0 spiro atoms. The van der Waals surface area contributed by atoms with E-state index in [9.17, 15) is 9.59 Å². The second-order valence-corrected chi connectivity index (χ2v) is 5.82. The van der Waals surface area contributed by atoms with Crippen molar-refractivity contribution in [2.45, 2.75) is 6.42 Å². The van der Waals surface area contributed by atoms with Gasteiger partial charge in [-0.05, 0) is 29.9 Å². The molecule has 0 aromatic heterocycles. The minimum Gasteiger partial charge on any atom is -0.345 e. The maximum atomic E-state index is 12.2. The first-order valence-electron chi connectivity index (χ1n) is 7.43. The molecule has 2 amide bonds. The molecule has 2 aromatic rings. The van der Waals surface area contributed by atoms with Crippen molar-refractivity contribution in [2.75, 3.05) is 19.4 Å². The predicted molar refractivity (Wildman–Crippen MR) is 99.0 cm³/mol. The Morgan fingerprint density at radius 1 is 1.00 bits per heavy atom. The Balaban J connectivity index is 2.00. The van der Waals surface area contributed by atoms with Crippen LogP contribution in [0.25, 0.3) is 0 Å². The number of hydrogen-bond donors (Lipinski definition) is 2. The summed E-state index contributed by atoms with van der Waals surface area (Å²) in [4.78, 5) is 25.7. The fourth-order valence-electron chi connectivity index (χ4n) is 2.13. The van der Waals surface area contributed by atoms with E-state index >= 15 is 0 Å². The van der Waals surface area contributed by atoms with Gasteiger partial charge in [0.05, 0.1) is 17.7 Å². The van der Waals surface area contributed by atoms with Crippen LogP contribution in [0.1, 0.15) is 15.9 Å². The number of anilines is 1. The predicted octanol–water partition coefficient (Wildman–Crippen LogP) is 2.44. The number of thiocarbonyl (C=S) groups is 1. The Morgan fingerprint density at radius 2 is 1.62 bits per heavy atom. The van der Waals surface area contributed by atoms with Crippen LogP contribution in [0.5, 0.6) is 0 Å². The molecule has 0 aliphatic heterocycles. The van der Waals surface area contributed by atoms with Gasteiger partial charge in [-0.1, -0.05) is 42.5 Å². The first-order valence-corrected chi connectivity index (χ1v) is 7.83. The van der Waals surface area contributed by atoms with E-state index in [4.69, 9.17) is 12.2 Å². The van der Waals surface area contributed by atoms with E-state index in [1.165, 1.54) is 4.90 Å². The van der Waals surface area contributed by atoms with Crippen molar-refractivity contribution in [3.63, 3.8) is 0 Å². The monoisotopic (exact) mass is 341 g/mol. The second-order valence-electron chi connectivity index (χ2n) is 5.41. The first-order chi connectivity index (χ1) is 11.5. The molecule has 0 heterocycles. The molecule has 124 valence electrons. The van der Waals surface area contributed by atoms with E-state index in [2.05, 4.69) is 10.6 Å². The van der Waals surface area contributed by atoms with E-state index in [1.54, 1.807) is 38.4 Å². The molecule has 0 fully saturated rings. The highest BCUT2D eigenvalue weighted by Gasteiger charge is 2.14. The number of nitrogens with one attached hydrogen (secondary N) is 2. The third kappa shape index (κ3) is 4.89. The van der Waals surface area contributed by atoms with E-state index in [1.807, 2.05) is 30.3 Å². The first kappa shape index (κ1) is 17.6. The molecule has 24 heavy (non-hydrogen) atoms. The van der Waals surface area contributed by atoms with E-state index in [-0.39, 0.29) is 23.3 Å². The fraction of sp³-hybridized carbons (Fsp3) is 0.167. The smallest absolute Gasteiger partial charge is 0.255 e. The number of amides is 2. The van der Waals surface area contributed by atoms with Crippen LogP contribution in [0.3, 0.4) is 0 Å². The molecular formula is C18H19N3O2S. The second kappa shape index (κ2) is 8.21. The minimum atomic E-state index is -0.213. The van der Waals surface area contributed by atoms with E-state index < -0.39 is 0 Å². The van der Waals surface area contributed by atoms with Gasteiger partial charge in [-0.15, -0.1) is 0 Å².